The summed E-state index contributed by atoms with van der Waals surface area (Å²) in [5.74, 6) is 0.668. The van der Waals surface area contributed by atoms with Gasteiger partial charge in [-0.05, 0) is 45.7 Å². The number of hydrogen-bond acceptors (Lipinski definition) is 4. The number of hydrogen-bond donors (Lipinski definition) is 2. The summed E-state index contributed by atoms with van der Waals surface area (Å²) in [6, 6.07) is 0.395. The van der Waals surface area contributed by atoms with E-state index in [9.17, 15) is 9.90 Å². The zero-order chi connectivity index (χ0) is 14.9. The molecule has 2 aliphatic rings. The highest BCUT2D eigenvalue weighted by atomic mass is 16.3. The Bertz CT molecular complexity index is 348. The number of likely N-dealkylation sites (tertiary alicyclic amines) is 1. The molecule has 1 aliphatic carbocycles. The van der Waals surface area contributed by atoms with E-state index in [1.165, 1.54) is 0 Å². The SMILES string of the molecule is CC1CC(N)CCC1C(=O)N1CC(O)CC1CN(C)C. The van der Waals surface area contributed by atoms with E-state index in [-0.39, 0.29) is 30.0 Å². The number of aliphatic hydroxyl groups excluding tert-OH is 1. The molecule has 2 fully saturated rings. The van der Waals surface area contributed by atoms with Crippen molar-refractivity contribution in [2.45, 2.75) is 50.8 Å². The van der Waals surface area contributed by atoms with Gasteiger partial charge in [0.05, 0.1) is 6.10 Å². The second kappa shape index (κ2) is 6.41. The molecular weight excluding hydrogens is 254 g/mol. The van der Waals surface area contributed by atoms with Gasteiger partial charge < -0.3 is 20.6 Å². The van der Waals surface area contributed by atoms with Crippen LogP contribution in [-0.4, -0.2) is 66.2 Å². The van der Waals surface area contributed by atoms with E-state index >= 15 is 0 Å². The Labute approximate surface area is 122 Å². The van der Waals surface area contributed by atoms with Gasteiger partial charge in [0.25, 0.3) is 0 Å². The van der Waals surface area contributed by atoms with Crippen LogP contribution in [0.25, 0.3) is 0 Å². The second-order valence-corrected chi connectivity index (χ2v) is 6.95. The van der Waals surface area contributed by atoms with Crippen molar-refractivity contribution >= 4 is 5.91 Å². The summed E-state index contributed by atoms with van der Waals surface area (Å²) in [5.41, 5.74) is 5.98. The van der Waals surface area contributed by atoms with Crippen molar-refractivity contribution in [2.75, 3.05) is 27.2 Å². The molecule has 3 N–H and O–H groups in total. The molecule has 5 heteroatoms. The van der Waals surface area contributed by atoms with Crippen molar-refractivity contribution < 1.29 is 9.90 Å². The smallest absolute Gasteiger partial charge is 0.226 e. The summed E-state index contributed by atoms with van der Waals surface area (Å²) < 4.78 is 0. The van der Waals surface area contributed by atoms with Crippen LogP contribution in [-0.2, 0) is 4.79 Å². The first-order valence-electron chi connectivity index (χ1n) is 7.77. The minimum absolute atomic E-state index is 0.0877. The number of β-amino-alcohol motifs (C(OH)–C–C–N with tert-alkyl or cyclic N) is 1. The number of carbonyl (C=O) groups excluding carboxylic acids is 1. The Morgan fingerprint density at radius 2 is 2.05 bits per heavy atom. The zero-order valence-corrected chi connectivity index (χ0v) is 13.0. The Morgan fingerprint density at radius 3 is 2.65 bits per heavy atom. The number of nitrogens with zero attached hydrogens (tertiary/aromatic N) is 2. The normalized spacial score (nSPS) is 38.5. The zero-order valence-electron chi connectivity index (χ0n) is 13.0. The Hall–Kier alpha value is -0.650. The van der Waals surface area contributed by atoms with Crippen LogP contribution < -0.4 is 5.73 Å². The molecule has 0 bridgehead atoms. The topological polar surface area (TPSA) is 69.8 Å². The second-order valence-electron chi connectivity index (χ2n) is 6.95. The standard InChI is InChI=1S/C15H29N3O2/c1-10-6-11(16)4-5-14(10)15(20)18-9-13(19)7-12(18)8-17(2)3/h10-14,19H,4-9,16H2,1-3H3. The monoisotopic (exact) mass is 283 g/mol. The predicted octanol–water partition coefficient (Wildman–Crippen LogP) is 0.273. The van der Waals surface area contributed by atoms with Gasteiger partial charge >= 0.3 is 0 Å². The van der Waals surface area contributed by atoms with Gasteiger partial charge in [0.2, 0.25) is 5.91 Å². The van der Waals surface area contributed by atoms with Crippen LogP contribution in [0, 0.1) is 11.8 Å². The van der Waals surface area contributed by atoms with Gasteiger partial charge in [0.15, 0.2) is 0 Å². The summed E-state index contributed by atoms with van der Waals surface area (Å²) in [6.45, 7) is 3.45. The molecule has 2 rings (SSSR count). The fourth-order valence-corrected chi connectivity index (χ4v) is 3.77. The van der Waals surface area contributed by atoms with Gasteiger partial charge in [-0.1, -0.05) is 6.92 Å². The minimum Gasteiger partial charge on any atom is -0.391 e. The quantitative estimate of drug-likeness (QED) is 0.780. The van der Waals surface area contributed by atoms with E-state index in [2.05, 4.69) is 11.8 Å². The third-order valence-corrected chi connectivity index (χ3v) is 4.78. The number of carbonyl (C=O) groups is 1. The maximum Gasteiger partial charge on any atom is 0.226 e. The minimum atomic E-state index is -0.370. The summed E-state index contributed by atoms with van der Waals surface area (Å²) in [6.07, 6.45) is 3.10. The van der Waals surface area contributed by atoms with Gasteiger partial charge in [0.1, 0.15) is 0 Å². The average molecular weight is 283 g/mol. The number of nitrogens with two attached hydrogens (primary N) is 1. The van der Waals surface area contributed by atoms with E-state index in [4.69, 9.17) is 5.73 Å². The van der Waals surface area contributed by atoms with Gasteiger partial charge in [-0.2, -0.15) is 0 Å². The molecule has 116 valence electrons. The molecular formula is C15H29N3O2. The first-order chi connectivity index (χ1) is 9.38. The van der Waals surface area contributed by atoms with Crippen molar-refractivity contribution in [3.8, 4) is 0 Å². The van der Waals surface area contributed by atoms with Crippen LogP contribution in [0.4, 0.5) is 0 Å². The number of likely N-dealkylation sites (N-methyl/N-ethyl adjacent to an activating group) is 1. The van der Waals surface area contributed by atoms with Crippen molar-refractivity contribution in [1.82, 2.24) is 9.80 Å². The molecule has 5 unspecified atom stereocenters. The first-order valence-corrected chi connectivity index (χ1v) is 7.77. The Morgan fingerprint density at radius 1 is 1.35 bits per heavy atom. The molecule has 5 nitrogen and oxygen atoms in total. The molecule has 1 heterocycles. The summed E-state index contributed by atoms with van der Waals surface area (Å²) >= 11 is 0. The van der Waals surface area contributed by atoms with E-state index in [1.54, 1.807) is 0 Å². The van der Waals surface area contributed by atoms with Crippen LogP contribution in [0.1, 0.15) is 32.6 Å². The van der Waals surface area contributed by atoms with E-state index in [0.717, 1.165) is 25.8 Å². The Balaban J connectivity index is 2.03. The lowest BCUT2D eigenvalue weighted by molar-refractivity contribution is -0.139. The van der Waals surface area contributed by atoms with E-state index < -0.39 is 0 Å². The molecule has 0 aromatic rings. The van der Waals surface area contributed by atoms with Crippen molar-refractivity contribution in [3.63, 3.8) is 0 Å². The lowest BCUT2D eigenvalue weighted by Crippen LogP contribution is -2.47. The molecule has 0 spiro atoms. The molecule has 0 aromatic heterocycles. The lowest BCUT2D eigenvalue weighted by atomic mass is 9.77. The van der Waals surface area contributed by atoms with Crippen molar-refractivity contribution in [3.05, 3.63) is 0 Å². The first kappa shape index (κ1) is 15.7. The molecule has 5 atom stereocenters. The van der Waals surface area contributed by atoms with Crippen LogP contribution in [0.15, 0.2) is 0 Å². The highest BCUT2D eigenvalue weighted by Crippen LogP contribution is 2.32. The molecule has 0 aromatic carbocycles. The third kappa shape index (κ3) is 3.51. The maximum absolute atomic E-state index is 12.8. The molecule has 1 saturated carbocycles. The highest BCUT2D eigenvalue weighted by molar-refractivity contribution is 5.80. The van der Waals surface area contributed by atoms with Gasteiger partial charge in [0, 0.05) is 31.1 Å². The fraction of sp³-hybridized carbons (Fsp3) is 0.933. The maximum atomic E-state index is 12.8. The Kier molecular flexibility index (Phi) is 5.04. The number of rotatable bonds is 3. The van der Waals surface area contributed by atoms with Crippen LogP contribution in [0.5, 0.6) is 0 Å². The van der Waals surface area contributed by atoms with E-state index in [1.807, 2.05) is 19.0 Å². The predicted molar refractivity (Wildman–Crippen MR) is 79.2 cm³/mol. The summed E-state index contributed by atoms with van der Waals surface area (Å²) in [4.78, 5) is 16.8. The van der Waals surface area contributed by atoms with Crippen molar-refractivity contribution in [2.24, 2.45) is 17.6 Å². The molecule has 1 amide bonds. The summed E-state index contributed by atoms with van der Waals surface area (Å²) in [5, 5.41) is 9.91. The number of amides is 1. The molecule has 0 radical (unpaired) electrons. The van der Waals surface area contributed by atoms with Gasteiger partial charge in [-0.15, -0.1) is 0 Å². The molecule has 1 saturated heterocycles. The lowest BCUT2D eigenvalue weighted by Gasteiger charge is -2.36. The third-order valence-electron chi connectivity index (χ3n) is 4.78. The van der Waals surface area contributed by atoms with Crippen LogP contribution in [0.2, 0.25) is 0 Å². The largest absolute Gasteiger partial charge is 0.391 e. The van der Waals surface area contributed by atoms with Gasteiger partial charge in [-0.3, -0.25) is 4.79 Å². The molecule has 1 aliphatic heterocycles. The van der Waals surface area contributed by atoms with Gasteiger partial charge in [-0.25, -0.2) is 0 Å². The highest BCUT2D eigenvalue weighted by Gasteiger charge is 2.40. The number of aliphatic hydroxyl groups is 1. The fourth-order valence-electron chi connectivity index (χ4n) is 3.77. The van der Waals surface area contributed by atoms with Crippen molar-refractivity contribution in [1.29, 1.82) is 0 Å². The van der Waals surface area contributed by atoms with E-state index in [0.29, 0.717) is 18.9 Å². The summed E-state index contributed by atoms with van der Waals surface area (Å²) in [7, 11) is 4.02. The van der Waals surface area contributed by atoms with Crippen LogP contribution in [0.3, 0.4) is 0 Å². The molecule has 20 heavy (non-hydrogen) atoms. The average Bonchev–Trinajstić information content (AvgIpc) is 2.68. The van der Waals surface area contributed by atoms with Crippen LogP contribution >= 0.6 is 0 Å².